The third-order valence-electron chi connectivity index (χ3n) is 8.89. The fourth-order valence-corrected chi connectivity index (χ4v) is 6.26. The minimum atomic E-state index is -0.528. The zero-order chi connectivity index (χ0) is 33.2. The maximum Gasteiger partial charge on any atom is 0.264 e. The van der Waals surface area contributed by atoms with Crippen LogP contribution in [0.2, 0.25) is 0 Å². The molecule has 1 atom stereocenters. The second-order valence-corrected chi connectivity index (χ2v) is 12.2. The zero-order valence-electron chi connectivity index (χ0n) is 27.3. The van der Waals surface area contributed by atoms with E-state index in [0.717, 1.165) is 50.2 Å². The van der Waals surface area contributed by atoms with Crippen molar-refractivity contribution in [1.82, 2.24) is 44.1 Å². The first-order chi connectivity index (χ1) is 23.4. The molecule has 0 unspecified atom stereocenters. The van der Waals surface area contributed by atoms with Gasteiger partial charge in [0, 0.05) is 68.3 Å². The minimum Gasteiger partial charge on any atom is -0.344 e. The Morgan fingerprint density at radius 1 is 1.00 bits per heavy atom. The monoisotopic (exact) mass is 639 g/mol. The van der Waals surface area contributed by atoms with Crippen LogP contribution in [0.5, 0.6) is 0 Å². The molecule has 48 heavy (non-hydrogen) atoms. The number of hydrogen-bond acceptors (Lipinski definition) is 7. The van der Waals surface area contributed by atoms with E-state index >= 15 is 0 Å². The van der Waals surface area contributed by atoms with Crippen LogP contribution in [0.25, 0.3) is 22.1 Å². The molecule has 1 aliphatic heterocycles. The largest absolute Gasteiger partial charge is 0.344 e. The van der Waals surface area contributed by atoms with Gasteiger partial charge in [0.25, 0.3) is 11.5 Å². The number of fused-ring (bicyclic) bond motifs is 2. The Labute approximate surface area is 278 Å². The topological polar surface area (TPSA) is 106 Å². The molecule has 5 heterocycles. The van der Waals surface area contributed by atoms with Crippen molar-refractivity contribution in [2.45, 2.75) is 26.4 Å². The molecule has 0 aliphatic carbocycles. The normalized spacial score (nSPS) is 14.6. The molecular formula is C37H37N9O2. The van der Waals surface area contributed by atoms with E-state index in [-0.39, 0.29) is 11.5 Å². The summed E-state index contributed by atoms with van der Waals surface area (Å²) in [5, 5.41) is 13.3. The molecule has 2 aromatic carbocycles. The molecule has 11 nitrogen and oxygen atoms in total. The molecule has 1 saturated heterocycles. The summed E-state index contributed by atoms with van der Waals surface area (Å²) in [7, 11) is 2.16. The number of aromatic nitrogens is 6. The predicted molar refractivity (Wildman–Crippen MR) is 185 cm³/mol. The molecule has 1 amide bonds. The number of rotatable bonds is 7. The third-order valence-corrected chi connectivity index (χ3v) is 8.89. The highest BCUT2D eigenvalue weighted by atomic mass is 16.2. The maximum absolute atomic E-state index is 14.4. The standard InChI is InChI=1S/C37H37N9O2/c1-26(40-36(47)33-27(2)41-45-16-8-15-38-35(33)45)32-23-30-10-7-9-29(34(30)37(48)46(32)31-11-5-4-6-12-31)14-13-28-24-39-44(25-28)22-21-43-19-17-42(3)18-20-43/h4-12,15-16,23-26H,17-22H2,1-3H3,(H,40,47)/t26-/m1/s1. The number of hydrogen-bond donors (Lipinski definition) is 1. The number of aryl methyl sites for hydroxylation is 1. The lowest BCUT2D eigenvalue weighted by Gasteiger charge is -2.32. The Kier molecular flexibility index (Phi) is 8.59. The van der Waals surface area contributed by atoms with Crippen LogP contribution < -0.4 is 10.9 Å². The molecule has 11 heteroatoms. The van der Waals surface area contributed by atoms with Gasteiger partial charge in [-0.15, -0.1) is 0 Å². The number of pyridine rings is 1. The van der Waals surface area contributed by atoms with Gasteiger partial charge in [-0.05, 0) is 56.6 Å². The number of amides is 1. The molecule has 0 bridgehead atoms. The lowest BCUT2D eigenvalue weighted by molar-refractivity contribution is 0.0939. The van der Waals surface area contributed by atoms with Gasteiger partial charge >= 0.3 is 0 Å². The van der Waals surface area contributed by atoms with E-state index in [2.05, 4.69) is 49.2 Å². The highest BCUT2D eigenvalue weighted by Crippen LogP contribution is 2.24. The molecule has 0 saturated carbocycles. The summed E-state index contributed by atoms with van der Waals surface area (Å²) < 4.78 is 5.18. The second kappa shape index (κ2) is 13.3. The molecule has 1 aliphatic rings. The molecule has 0 spiro atoms. The number of carbonyl (C=O) groups is 1. The fraction of sp³-hybridized carbons (Fsp3) is 0.270. The second-order valence-electron chi connectivity index (χ2n) is 12.2. The molecule has 0 radical (unpaired) electrons. The average molecular weight is 640 g/mol. The Bertz CT molecular complexity index is 2230. The molecule has 4 aromatic heterocycles. The highest BCUT2D eigenvalue weighted by Gasteiger charge is 2.23. The summed E-state index contributed by atoms with van der Waals surface area (Å²) >= 11 is 0. The van der Waals surface area contributed by atoms with Gasteiger partial charge < -0.3 is 10.2 Å². The van der Waals surface area contributed by atoms with Crippen LogP contribution in [0.15, 0.2) is 90.2 Å². The van der Waals surface area contributed by atoms with Crippen molar-refractivity contribution >= 4 is 22.3 Å². The van der Waals surface area contributed by atoms with Gasteiger partial charge in [-0.3, -0.25) is 23.7 Å². The van der Waals surface area contributed by atoms with E-state index in [4.69, 9.17) is 0 Å². The number of nitrogens with zero attached hydrogens (tertiary/aromatic N) is 8. The van der Waals surface area contributed by atoms with Crippen molar-refractivity contribution in [3.8, 4) is 17.5 Å². The molecule has 242 valence electrons. The van der Waals surface area contributed by atoms with Gasteiger partial charge in [0.15, 0.2) is 5.65 Å². The lowest BCUT2D eigenvalue weighted by Crippen LogP contribution is -2.45. The number of benzene rings is 2. The summed E-state index contributed by atoms with van der Waals surface area (Å²) in [5.41, 5.74) is 3.99. The summed E-state index contributed by atoms with van der Waals surface area (Å²) in [6.07, 6.45) is 7.12. The van der Waals surface area contributed by atoms with Crippen molar-refractivity contribution in [1.29, 1.82) is 0 Å². The van der Waals surface area contributed by atoms with Crippen LogP contribution in [0, 0.1) is 18.8 Å². The summed E-state index contributed by atoms with van der Waals surface area (Å²) in [5.74, 6) is 6.17. The molecule has 7 rings (SSSR count). The van der Waals surface area contributed by atoms with Crippen LogP contribution in [-0.4, -0.2) is 84.4 Å². The van der Waals surface area contributed by atoms with E-state index in [9.17, 15) is 9.59 Å². The van der Waals surface area contributed by atoms with E-state index in [1.54, 1.807) is 40.7 Å². The van der Waals surface area contributed by atoms with Crippen molar-refractivity contribution < 1.29 is 4.79 Å². The van der Waals surface area contributed by atoms with Crippen LogP contribution in [0.3, 0.4) is 0 Å². The SMILES string of the molecule is Cc1nn2cccnc2c1C(=O)N[C@H](C)c1cc2cccc(C#Cc3cnn(CCN4CCN(C)CC4)c3)c2c(=O)n1-c1ccccc1. The van der Waals surface area contributed by atoms with E-state index in [1.807, 2.05) is 72.4 Å². The van der Waals surface area contributed by atoms with Crippen molar-refractivity contribution in [3.63, 3.8) is 0 Å². The Morgan fingerprint density at radius 2 is 1.81 bits per heavy atom. The van der Waals surface area contributed by atoms with Crippen molar-refractivity contribution in [2.24, 2.45) is 0 Å². The molecule has 1 fully saturated rings. The van der Waals surface area contributed by atoms with Gasteiger partial charge in [0.05, 0.1) is 35.4 Å². The first kappa shape index (κ1) is 31.1. The Balaban J connectivity index is 1.20. The van der Waals surface area contributed by atoms with E-state index in [0.29, 0.717) is 39.2 Å². The smallest absolute Gasteiger partial charge is 0.264 e. The van der Waals surface area contributed by atoms with Crippen LogP contribution in [-0.2, 0) is 6.54 Å². The first-order valence-corrected chi connectivity index (χ1v) is 16.2. The van der Waals surface area contributed by atoms with Gasteiger partial charge in [-0.2, -0.15) is 10.2 Å². The maximum atomic E-state index is 14.4. The van der Waals surface area contributed by atoms with Crippen LogP contribution in [0.1, 0.15) is 45.8 Å². The number of carbonyl (C=O) groups excluding carboxylic acids is 1. The molecule has 1 N–H and O–H groups in total. The summed E-state index contributed by atoms with van der Waals surface area (Å²) in [4.78, 5) is 37.2. The lowest BCUT2D eigenvalue weighted by atomic mass is 10.0. The predicted octanol–water partition coefficient (Wildman–Crippen LogP) is 3.68. The number of nitrogens with one attached hydrogen (secondary N) is 1. The molecular weight excluding hydrogens is 602 g/mol. The fourth-order valence-electron chi connectivity index (χ4n) is 6.26. The minimum absolute atomic E-state index is 0.212. The van der Waals surface area contributed by atoms with Gasteiger partial charge in [0.2, 0.25) is 0 Å². The van der Waals surface area contributed by atoms with E-state index in [1.165, 1.54) is 0 Å². The summed E-state index contributed by atoms with van der Waals surface area (Å²) in [6, 6.07) is 18.3. The van der Waals surface area contributed by atoms with Crippen molar-refractivity contribution in [3.05, 3.63) is 124 Å². The third kappa shape index (κ3) is 6.23. The number of likely N-dealkylation sites (N-methyl/N-ethyl adjacent to an activating group) is 1. The summed E-state index contributed by atoms with van der Waals surface area (Å²) in [6.45, 7) is 9.71. The van der Waals surface area contributed by atoms with Crippen molar-refractivity contribution in [2.75, 3.05) is 39.8 Å². The van der Waals surface area contributed by atoms with Gasteiger partial charge in [-0.25, -0.2) is 9.50 Å². The highest BCUT2D eigenvalue weighted by molar-refractivity contribution is 6.01. The van der Waals surface area contributed by atoms with Crippen LogP contribution in [0.4, 0.5) is 0 Å². The Hall–Kier alpha value is -5.57. The first-order valence-electron chi connectivity index (χ1n) is 16.2. The van der Waals surface area contributed by atoms with Crippen LogP contribution >= 0.6 is 0 Å². The Morgan fingerprint density at radius 3 is 2.62 bits per heavy atom. The zero-order valence-corrected chi connectivity index (χ0v) is 27.3. The van der Waals surface area contributed by atoms with Gasteiger partial charge in [0.1, 0.15) is 5.56 Å². The number of para-hydroxylation sites is 1. The van der Waals surface area contributed by atoms with E-state index < -0.39 is 6.04 Å². The van der Waals surface area contributed by atoms with Gasteiger partial charge in [-0.1, -0.05) is 42.2 Å². The quantitative estimate of drug-likeness (QED) is 0.266. The average Bonchev–Trinajstić information content (AvgIpc) is 3.70. The number of piperazine rings is 1. The molecule has 6 aromatic rings.